The van der Waals surface area contributed by atoms with Crippen molar-refractivity contribution in [2.45, 2.75) is 40.0 Å². The van der Waals surface area contributed by atoms with Gasteiger partial charge >= 0.3 is 0 Å². The summed E-state index contributed by atoms with van der Waals surface area (Å²) < 4.78 is 0. The summed E-state index contributed by atoms with van der Waals surface area (Å²) in [6.45, 7) is 6.31. The van der Waals surface area contributed by atoms with E-state index in [1.54, 1.807) is 0 Å². The van der Waals surface area contributed by atoms with Crippen molar-refractivity contribution in [2.24, 2.45) is 11.3 Å². The minimum atomic E-state index is -0.0434. The van der Waals surface area contributed by atoms with Gasteiger partial charge in [-0.2, -0.15) is 0 Å². The Bertz CT molecular complexity index is 147. The molecule has 0 radical (unpaired) electrons. The summed E-state index contributed by atoms with van der Waals surface area (Å²) in [5.74, 6) is 1.03. The number of hydrogen-bond donors (Lipinski definition) is 0. The van der Waals surface area contributed by atoms with E-state index in [1.165, 1.54) is 6.42 Å². The lowest BCUT2D eigenvalue weighted by Gasteiger charge is -2.34. The van der Waals surface area contributed by atoms with Gasteiger partial charge in [0.05, 0.1) is 0 Å². The van der Waals surface area contributed by atoms with Gasteiger partial charge in [-0.1, -0.05) is 20.8 Å². The average molecular weight is 140 g/mol. The first kappa shape index (κ1) is 7.77. The largest absolute Gasteiger partial charge is 0.299 e. The minimum Gasteiger partial charge on any atom is -0.299 e. The number of ketones is 1. The van der Waals surface area contributed by atoms with Crippen molar-refractivity contribution in [1.82, 2.24) is 0 Å². The first-order valence-electron chi connectivity index (χ1n) is 4.08. The van der Waals surface area contributed by atoms with Gasteiger partial charge in [0.15, 0.2) is 0 Å². The predicted molar refractivity (Wildman–Crippen MR) is 41.8 cm³/mol. The Morgan fingerprint density at radius 3 is 2.50 bits per heavy atom. The van der Waals surface area contributed by atoms with Crippen LogP contribution in [0.25, 0.3) is 0 Å². The summed E-state index contributed by atoms with van der Waals surface area (Å²) in [5.41, 5.74) is -0.0434. The monoisotopic (exact) mass is 140 g/mol. The highest BCUT2D eigenvalue weighted by Crippen LogP contribution is 2.37. The average Bonchev–Trinajstić information content (AvgIpc) is 1.84. The summed E-state index contributed by atoms with van der Waals surface area (Å²) in [7, 11) is 0. The van der Waals surface area contributed by atoms with Crippen LogP contribution in [0.3, 0.4) is 0 Å². The van der Waals surface area contributed by atoms with Gasteiger partial charge in [0.1, 0.15) is 5.78 Å². The van der Waals surface area contributed by atoms with Crippen LogP contribution in [-0.2, 0) is 4.79 Å². The van der Waals surface area contributed by atoms with E-state index in [0.29, 0.717) is 11.7 Å². The third-order valence-corrected chi connectivity index (χ3v) is 2.99. The molecule has 1 aliphatic carbocycles. The van der Waals surface area contributed by atoms with E-state index < -0.39 is 0 Å². The molecule has 1 nitrogen and oxygen atoms in total. The number of carbonyl (C=O) groups excluding carboxylic acids is 1. The molecule has 0 amide bonds. The number of carbonyl (C=O) groups is 1. The Hall–Kier alpha value is -0.330. The van der Waals surface area contributed by atoms with E-state index in [0.717, 1.165) is 12.8 Å². The number of Topliss-reactive ketones (excluding diaryl/α,β-unsaturated/α-hetero) is 1. The van der Waals surface area contributed by atoms with E-state index in [-0.39, 0.29) is 5.41 Å². The summed E-state index contributed by atoms with van der Waals surface area (Å²) in [4.78, 5) is 11.3. The number of hydrogen-bond acceptors (Lipinski definition) is 1. The summed E-state index contributed by atoms with van der Waals surface area (Å²) in [6.07, 6.45) is 3.12. The second-order valence-corrected chi connectivity index (χ2v) is 3.94. The fraction of sp³-hybridized carbons (Fsp3) is 0.889. The van der Waals surface area contributed by atoms with Crippen molar-refractivity contribution in [3.63, 3.8) is 0 Å². The van der Waals surface area contributed by atoms with E-state index in [1.807, 2.05) is 0 Å². The Morgan fingerprint density at radius 1 is 1.50 bits per heavy atom. The highest BCUT2D eigenvalue weighted by molar-refractivity contribution is 5.84. The lowest BCUT2D eigenvalue weighted by Crippen LogP contribution is -2.34. The van der Waals surface area contributed by atoms with Gasteiger partial charge in [-0.3, -0.25) is 4.79 Å². The van der Waals surface area contributed by atoms with Crippen molar-refractivity contribution >= 4 is 5.78 Å². The molecule has 0 aromatic heterocycles. The van der Waals surface area contributed by atoms with Gasteiger partial charge in [-0.25, -0.2) is 0 Å². The van der Waals surface area contributed by atoms with Crippen LogP contribution in [0.1, 0.15) is 40.0 Å². The summed E-state index contributed by atoms with van der Waals surface area (Å²) in [6, 6.07) is 0. The molecular formula is C9H16O. The van der Waals surface area contributed by atoms with E-state index in [9.17, 15) is 4.79 Å². The zero-order chi connectivity index (χ0) is 7.78. The second kappa shape index (κ2) is 2.37. The zero-order valence-electron chi connectivity index (χ0n) is 7.11. The SMILES string of the molecule is C[C@@H]1CCCC(=O)C1(C)C. The lowest BCUT2D eigenvalue weighted by molar-refractivity contribution is -0.132. The molecule has 1 heteroatoms. The first-order chi connectivity index (χ1) is 4.55. The minimum absolute atomic E-state index is 0.0434. The molecular weight excluding hydrogens is 124 g/mol. The van der Waals surface area contributed by atoms with Crippen LogP contribution in [0.15, 0.2) is 0 Å². The van der Waals surface area contributed by atoms with Gasteiger partial charge in [0.2, 0.25) is 0 Å². The maximum atomic E-state index is 11.3. The third-order valence-electron chi connectivity index (χ3n) is 2.99. The molecule has 1 saturated carbocycles. The Morgan fingerprint density at radius 2 is 2.10 bits per heavy atom. The van der Waals surface area contributed by atoms with Gasteiger partial charge in [-0.05, 0) is 18.8 Å². The van der Waals surface area contributed by atoms with Gasteiger partial charge in [-0.15, -0.1) is 0 Å². The normalized spacial score (nSPS) is 32.3. The molecule has 0 spiro atoms. The van der Waals surface area contributed by atoms with E-state index in [2.05, 4.69) is 20.8 Å². The van der Waals surface area contributed by atoms with Crippen LogP contribution in [-0.4, -0.2) is 5.78 Å². The molecule has 1 atom stereocenters. The van der Waals surface area contributed by atoms with Crippen molar-refractivity contribution in [3.8, 4) is 0 Å². The molecule has 0 aliphatic heterocycles. The molecule has 1 aliphatic rings. The molecule has 1 rings (SSSR count). The van der Waals surface area contributed by atoms with Crippen LogP contribution in [0, 0.1) is 11.3 Å². The van der Waals surface area contributed by atoms with Gasteiger partial charge in [0, 0.05) is 11.8 Å². The van der Waals surface area contributed by atoms with Crippen molar-refractivity contribution < 1.29 is 4.79 Å². The third kappa shape index (κ3) is 1.09. The van der Waals surface area contributed by atoms with Crippen molar-refractivity contribution in [1.29, 1.82) is 0 Å². The molecule has 10 heavy (non-hydrogen) atoms. The molecule has 0 aromatic rings. The van der Waals surface area contributed by atoms with Gasteiger partial charge < -0.3 is 0 Å². The second-order valence-electron chi connectivity index (χ2n) is 3.94. The molecule has 58 valence electrons. The fourth-order valence-corrected chi connectivity index (χ4v) is 1.53. The summed E-state index contributed by atoms with van der Waals surface area (Å²) >= 11 is 0. The Kier molecular flexibility index (Phi) is 1.84. The molecule has 0 N–H and O–H groups in total. The predicted octanol–water partition coefficient (Wildman–Crippen LogP) is 2.40. The Balaban J connectivity index is 2.73. The van der Waals surface area contributed by atoms with Crippen molar-refractivity contribution in [3.05, 3.63) is 0 Å². The van der Waals surface area contributed by atoms with Gasteiger partial charge in [0.25, 0.3) is 0 Å². The van der Waals surface area contributed by atoms with Crippen LogP contribution >= 0.6 is 0 Å². The quantitative estimate of drug-likeness (QED) is 0.505. The molecule has 1 fully saturated rings. The smallest absolute Gasteiger partial charge is 0.138 e. The topological polar surface area (TPSA) is 17.1 Å². The first-order valence-corrected chi connectivity index (χ1v) is 4.08. The fourth-order valence-electron chi connectivity index (χ4n) is 1.53. The number of rotatable bonds is 0. The molecule has 0 bridgehead atoms. The van der Waals surface area contributed by atoms with Crippen LogP contribution < -0.4 is 0 Å². The van der Waals surface area contributed by atoms with Crippen LogP contribution in [0.4, 0.5) is 0 Å². The van der Waals surface area contributed by atoms with E-state index in [4.69, 9.17) is 0 Å². The summed E-state index contributed by atoms with van der Waals surface area (Å²) in [5, 5.41) is 0. The molecule has 0 aromatic carbocycles. The maximum Gasteiger partial charge on any atom is 0.138 e. The Labute approximate surface area is 62.8 Å². The zero-order valence-corrected chi connectivity index (χ0v) is 7.11. The van der Waals surface area contributed by atoms with Crippen molar-refractivity contribution in [2.75, 3.05) is 0 Å². The molecule has 0 saturated heterocycles. The van der Waals surface area contributed by atoms with E-state index >= 15 is 0 Å². The molecule has 0 unspecified atom stereocenters. The highest BCUT2D eigenvalue weighted by Gasteiger charge is 2.35. The highest BCUT2D eigenvalue weighted by atomic mass is 16.1. The lowest BCUT2D eigenvalue weighted by atomic mass is 9.69. The standard InChI is InChI=1S/C9H16O/c1-7-5-4-6-8(10)9(7,2)3/h7H,4-6H2,1-3H3/t7-/m1/s1. The molecule has 0 heterocycles. The van der Waals surface area contributed by atoms with Crippen LogP contribution in [0.2, 0.25) is 0 Å². The van der Waals surface area contributed by atoms with Crippen LogP contribution in [0.5, 0.6) is 0 Å². The maximum absolute atomic E-state index is 11.3.